The van der Waals surface area contributed by atoms with Crippen molar-refractivity contribution in [3.05, 3.63) is 22.8 Å². The lowest BCUT2D eigenvalue weighted by Crippen LogP contribution is -2.23. The van der Waals surface area contributed by atoms with Gasteiger partial charge in [0, 0.05) is 11.4 Å². The molecule has 2 heterocycles. The zero-order chi connectivity index (χ0) is 12.3. The first-order valence-corrected chi connectivity index (χ1v) is 6.92. The average molecular weight is 274 g/mol. The van der Waals surface area contributed by atoms with Crippen LogP contribution < -0.4 is 10.5 Å². The molecule has 0 aliphatic carbocycles. The Morgan fingerprint density at radius 2 is 2.29 bits per heavy atom. The highest BCUT2D eigenvalue weighted by molar-refractivity contribution is 7.91. The van der Waals surface area contributed by atoms with Gasteiger partial charge in [-0.3, -0.25) is 0 Å². The fourth-order valence-electron chi connectivity index (χ4n) is 1.10. The number of nitrogens with two attached hydrogens (primary N) is 1. The molecule has 0 aromatic carbocycles. The highest BCUT2D eigenvalue weighted by atomic mass is 32.2. The second kappa shape index (κ2) is 4.87. The van der Waals surface area contributed by atoms with Crippen LogP contribution in [-0.4, -0.2) is 29.0 Å². The summed E-state index contributed by atoms with van der Waals surface area (Å²) in [6, 6.07) is 3.21. The van der Waals surface area contributed by atoms with Crippen molar-refractivity contribution in [2.24, 2.45) is 5.73 Å². The van der Waals surface area contributed by atoms with E-state index in [0.29, 0.717) is 6.54 Å². The van der Waals surface area contributed by atoms with Gasteiger partial charge in [0.15, 0.2) is 5.82 Å². The molecule has 4 N–H and O–H groups in total. The third-order valence-corrected chi connectivity index (χ3v) is 4.91. The Labute approximate surface area is 101 Å². The van der Waals surface area contributed by atoms with Gasteiger partial charge in [0.2, 0.25) is 10.0 Å². The number of hydrogen-bond acceptors (Lipinski definition) is 7. The van der Waals surface area contributed by atoms with E-state index in [2.05, 4.69) is 25.3 Å². The molecule has 0 radical (unpaired) electrons. The summed E-state index contributed by atoms with van der Waals surface area (Å²) in [6.07, 6.45) is 0. The van der Waals surface area contributed by atoms with E-state index in [1.165, 1.54) is 6.07 Å². The quantitative estimate of drug-likeness (QED) is 0.655. The summed E-state index contributed by atoms with van der Waals surface area (Å²) in [7, 11) is -3.53. The lowest BCUT2D eigenvalue weighted by atomic mass is 10.5. The first-order valence-electron chi connectivity index (χ1n) is 4.62. The number of aromatic amines is 1. The Bertz CT molecular complexity index is 575. The summed E-state index contributed by atoms with van der Waals surface area (Å²) in [4.78, 5) is 0.810. The molecule has 0 saturated carbocycles. The summed E-state index contributed by atoms with van der Waals surface area (Å²) < 4.78 is 26.3. The van der Waals surface area contributed by atoms with Crippen molar-refractivity contribution < 1.29 is 8.42 Å². The molecular weight excluding hydrogens is 264 g/mol. The van der Waals surface area contributed by atoms with Crippen LogP contribution in [0.3, 0.4) is 0 Å². The highest BCUT2D eigenvalue weighted by Gasteiger charge is 2.17. The van der Waals surface area contributed by atoms with E-state index < -0.39 is 10.0 Å². The Kier molecular flexibility index (Phi) is 3.47. The second-order valence-corrected chi connectivity index (χ2v) is 6.24. The highest BCUT2D eigenvalue weighted by Crippen LogP contribution is 2.20. The van der Waals surface area contributed by atoms with Crippen LogP contribution >= 0.6 is 11.3 Å². The van der Waals surface area contributed by atoms with E-state index in [4.69, 9.17) is 5.73 Å². The molecule has 2 rings (SSSR count). The van der Waals surface area contributed by atoms with Gasteiger partial charge in [0.25, 0.3) is 0 Å². The normalized spacial score (nSPS) is 11.8. The van der Waals surface area contributed by atoms with Gasteiger partial charge in [0.05, 0.1) is 6.54 Å². The molecular formula is C7H10N6O2S2. The standard InChI is InChI=1S/C7H10N6O2S2/c8-3-5-1-2-7(16-5)17(14,15)9-4-6-10-12-13-11-6/h1-2,9H,3-4,8H2,(H,10,11,12,13). The molecule has 0 fully saturated rings. The van der Waals surface area contributed by atoms with Crippen LogP contribution in [0, 0.1) is 0 Å². The molecule has 0 aliphatic heterocycles. The van der Waals surface area contributed by atoms with E-state index in [9.17, 15) is 8.42 Å². The smallest absolute Gasteiger partial charge is 0.250 e. The van der Waals surface area contributed by atoms with E-state index in [-0.39, 0.29) is 16.6 Å². The van der Waals surface area contributed by atoms with Gasteiger partial charge in [-0.25, -0.2) is 13.1 Å². The minimum atomic E-state index is -3.53. The number of hydrogen-bond donors (Lipinski definition) is 3. The number of aromatic nitrogens is 4. The lowest BCUT2D eigenvalue weighted by molar-refractivity contribution is 0.581. The van der Waals surface area contributed by atoms with Crippen LogP contribution in [0.15, 0.2) is 16.3 Å². The minimum absolute atomic E-state index is 0.00527. The number of nitrogens with zero attached hydrogens (tertiary/aromatic N) is 3. The van der Waals surface area contributed by atoms with Crippen LogP contribution in [0.4, 0.5) is 0 Å². The first kappa shape index (κ1) is 12.1. The van der Waals surface area contributed by atoms with Crippen molar-refractivity contribution in [3.63, 3.8) is 0 Å². The van der Waals surface area contributed by atoms with Gasteiger partial charge in [-0.15, -0.1) is 21.5 Å². The summed E-state index contributed by atoms with van der Waals surface area (Å²) >= 11 is 1.14. The van der Waals surface area contributed by atoms with Gasteiger partial charge in [-0.2, -0.15) is 5.21 Å². The summed E-state index contributed by atoms with van der Waals surface area (Å²) in [5.74, 6) is 0.282. The monoisotopic (exact) mass is 274 g/mol. The first-order chi connectivity index (χ1) is 8.12. The van der Waals surface area contributed by atoms with Gasteiger partial charge in [0.1, 0.15) is 4.21 Å². The zero-order valence-electron chi connectivity index (χ0n) is 8.62. The topological polar surface area (TPSA) is 127 Å². The number of H-pyrrole nitrogens is 1. The number of thiophene rings is 1. The largest absolute Gasteiger partial charge is 0.326 e. The van der Waals surface area contributed by atoms with E-state index in [1.807, 2.05) is 0 Å². The number of tetrazole rings is 1. The predicted octanol–water partition coefficient (Wildman–Crippen LogP) is -0.802. The van der Waals surface area contributed by atoms with E-state index >= 15 is 0 Å². The van der Waals surface area contributed by atoms with Crippen molar-refractivity contribution >= 4 is 21.4 Å². The van der Waals surface area contributed by atoms with Crippen molar-refractivity contribution in [1.29, 1.82) is 0 Å². The molecule has 0 unspecified atom stereocenters. The van der Waals surface area contributed by atoms with Crippen molar-refractivity contribution in [3.8, 4) is 0 Å². The molecule has 0 aliphatic rings. The van der Waals surface area contributed by atoms with Crippen LogP contribution in [0.25, 0.3) is 0 Å². The maximum atomic E-state index is 11.8. The predicted molar refractivity (Wildman–Crippen MR) is 60.4 cm³/mol. The molecule has 8 nitrogen and oxygen atoms in total. The van der Waals surface area contributed by atoms with E-state index in [1.54, 1.807) is 6.07 Å². The Hall–Kier alpha value is -1.36. The van der Waals surface area contributed by atoms with Crippen LogP contribution in [0.2, 0.25) is 0 Å². The molecule has 0 amide bonds. The molecule has 0 bridgehead atoms. The lowest BCUT2D eigenvalue weighted by Gasteiger charge is -2.00. The molecule has 0 atom stereocenters. The molecule has 0 spiro atoms. The number of sulfonamides is 1. The zero-order valence-corrected chi connectivity index (χ0v) is 10.3. The van der Waals surface area contributed by atoms with Gasteiger partial charge < -0.3 is 5.73 Å². The number of rotatable bonds is 5. The minimum Gasteiger partial charge on any atom is -0.326 e. The third-order valence-electron chi connectivity index (χ3n) is 1.91. The Morgan fingerprint density at radius 1 is 1.47 bits per heavy atom. The summed E-state index contributed by atoms with van der Waals surface area (Å²) in [6.45, 7) is 0.319. The molecule has 92 valence electrons. The molecule has 10 heteroatoms. The van der Waals surface area contributed by atoms with Crippen molar-refractivity contribution in [2.45, 2.75) is 17.3 Å². The van der Waals surface area contributed by atoms with Crippen LogP contribution in [0.5, 0.6) is 0 Å². The van der Waals surface area contributed by atoms with Gasteiger partial charge >= 0.3 is 0 Å². The fraction of sp³-hybridized carbons (Fsp3) is 0.286. The molecule has 2 aromatic rings. The Balaban J connectivity index is 2.08. The van der Waals surface area contributed by atoms with Crippen LogP contribution in [-0.2, 0) is 23.1 Å². The maximum Gasteiger partial charge on any atom is 0.250 e. The second-order valence-electron chi connectivity index (χ2n) is 3.08. The van der Waals surface area contributed by atoms with Gasteiger partial charge in [-0.05, 0) is 12.1 Å². The third kappa shape index (κ3) is 2.85. The Morgan fingerprint density at radius 3 is 2.88 bits per heavy atom. The van der Waals surface area contributed by atoms with Crippen LogP contribution in [0.1, 0.15) is 10.7 Å². The summed E-state index contributed by atoms with van der Waals surface area (Å²) in [5.41, 5.74) is 5.42. The summed E-state index contributed by atoms with van der Waals surface area (Å²) in [5, 5.41) is 12.9. The maximum absolute atomic E-state index is 11.8. The van der Waals surface area contributed by atoms with Gasteiger partial charge in [-0.1, -0.05) is 5.21 Å². The number of nitrogens with one attached hydrogen (secondary N) is 2. The molecule has 2 aromatic heterocycles. The molecule has 17 heavy (non-hydrogen) atoms. The fourth-order valence-corrected chi connectivity index (χ4v) is 3.36. The van der Waals surface area contributed by atoms with Crippen molar-refractivity contribution in [2.75, 3.05) is 0 Å². The SMILES string of the molecule is NCc1ccc(S(=O)(=O)NCc2nn[nH]n2)s1. The average Bonchev–Trinajstić information content (AvgIpc) is 2.98. The van der Waals surface area contributed by atoms with Crippen molar-refractivity contribution in [1.82, 2.24) is 25.3 Å². The van der Waals surface area contributed by atoms with E-state index in [0.717, 1.165) is 16.2 Å². The molecule has 0 saturated heterocycles.